The number of carboxylic acid groups (broad SMARTS) is 1. The monoisotopic (exact) mass is 262 g/mol. The second-order valence-electron chi connectivity index (χ2n) is 4.61. The molecular formula is C14H18N2O3. The predicted molar refractivity (Wildman–Crippen MR) is 72.6 cm³/mol. The predicted octanol–water partition coefficient (Wildman–Crippen LogP) is 1.27. The molecule has 1 aromatic carbocycles. The summed E-state index contributed by atoms with van der Waals surface area (Å²) in [7, 11) is 1.81. The van der Waals surface area contributed by atoms with Crippen molar-refractivity contribution in [2.75, 3.05) is 25.0 Å². The smallest absolute Gasteiger partial charge is 0.336 e. The maximum atomic E-state index is 12.1. The lowest BCUT2D eigenvalue weighted by atomic mass is 9.96. The maximum Gasteiger partial charge on any atom is 0.336 e. The second-order valence-corrected chi connectivity index (χ2v) is 4.61. The van der Waals surface area contributed by atoms with E-state index in [1.54, 1.807) is 24.1 Å². The molecule has 0 saturated heterocycles. The van der Waals surface area contributed by atoms with Crippen LogP contribution in [0.3, 0.4) is 0 Å². The number of aromatic carboxylic acids is 1. The van der Waals surface area contributed by atoms with Gasteiger partial charge in [0.15, 0.2) is 0 Å². The normalized spacial score (nSPS) is 14.1. The summed E-state index contributed by atoms with van der Waals surface area (Å²) in [6, 6.07) is 5.13. The number of hydrogen-bond donors (Lipinski definition) is 2. The van der Waals surface area contributed by atoms with E-state index in [0.717, 1.165) is 17.7 Å². The van der Waals surface area contributed by atoms with Crippen LogP contribution in [0.1, 0.15) is 28.8 Å². The minimum atomic E-state index is -0.929. The average Bonchev–Trinajstić information content (AvgIpc) is 2.43. The van der Waals surface area contributed by atoms with Gasteiger partial charge in [0.2, 0.25) is 5.91 Å². The first-order chi connectivity index (χ1) is 9.15. The van der Waals surface area contributed by atoms with E-state index in [1.807, 2.05) is 6.07 Å². The van der Waals surface area contributed by atoms with E-state index in [-0.39, 0.29) is 5.91 Å². The number of hydrogen-bond acceptors (Lipinski definition) is 3. The number of carbonyl (C=O) groups excluding carboxylic acids is 1. The first-order valence-electron chi connectivity index (χ1n) is 6.45. The van der Waals surface area contributed by atoms with Crippen molar-refractivity contribution in [3.63, 3.8) is 0 Å². The standard InChI is InChI=1S/C14H18N2O3/c1-15-8-7-13(17)16-9-3-5-10-11(14(18)19)4-2-6-12(10)16/h2,4,6,15H,3,5,7-9H2,1H3,(H,18,19). The number of benzene rings is 1. The van der Waals surface area contributed by atoms with Crippen LogP contribution in [0.25, 0.3) is 0 Å². The third kappa shape index (κ3) is 2.76. The highest BCUT2D eigenvalue weighted by Gasteiger charge is 2.25. The van der Waals surface area contributed by atoms with Crippen molar-refractivity contribution in [3.05, 3.63) is 29.3 Å². The number of carboxylic acids is 1. The molecule has 0 atom stereocenters. The largest absolute Gasteiger partial charge is 0.478 e. The minimum Gasteiger partial charge on any atom is -0.478 e. The highest BCUT2D eigenvalue weighted by molar-refractivity contribution is 5.98. The van der Waals surface area contributed by atoms with E-state index in [1.165, 1.54) is 0 Å². The van der Waals surface area contributed by atoms with Gasteiger partial charge in [0.1, 0.15) is 0 Å². The summed E-state index contributed by atoms with van der Waals surface area (Å²) in [5.41, 5.74) is 1.84. The van der Waals surface area contributed by atoms with Crippen LogP contribution in [0.5, 0.6) is 0 Å². The zero-order valence-electron chi connectivity index (χ0n) is 11.0. The summed E-state index contributed by atoms with van der Waals surface area (Å²) in [5.74, 6) is -0.890. The third-order valence-corrected chi connectivity index (χ3v) is 3.37. The van der Waals surface area contributed by atoms with Crippen LogP contribution in [0.4, 0.5) is 5.69 Å². The first-order valence-corrected chi connectivity index (χ1v) is 6.45. The van der Waals surface area contributed by atoms with Crippen molar-refractivity contribution in [2.45, 2.75) is 19.3 Å². The zero-order valence-corrected chi connectivity index (χ0v) is 11.0. The molecule has 0 fully saturated rings. The van der Waals surface area contributed by atoms with Crippen molar-refractivity contribution < 1.29 is 14.7 Å². The minimum absolute atomic E-state index is 0.0397. The molecule has 5 nitrogen and oxygen atoms in total. The summed E-state index contributed by atoms with van der Waals surface area (Å²) in [6.45, 7) is 1.29. The maximum absolute atomic E-state index is 12.1. The molecule has 0 aliphatic carbocycles. The fraction of sp³-hybridized carbons (Fsp3) is 0.429. The molecule has 1 amide bonds. The van der Waals surface area contributed by atoms with Gasteiger partial charge in [-0.15, -0.1) is 0 Å². The fourth-order valence-electron chi connectivity index (χ4n) is 2.45. The topological polar surface area (TPSA) is 69.6 Å². The van der Waals surface area contributed by atoms with Crippen LogP contribution in [-0.4, -0.2) is 37.1 Å². The molecular weight excluding hydrogens is 244 g/mol. The van der Waals surface area contributed by atoms with Crippen LogP contribution < -0.4 is 10.2 Å². The van der Waals surface area contributed by atoms with Crippen molar-refractivity contribution in [1.82, 2.24) is 5.32 Å². The lowest BCUT2D eigenvalue weighted by molar-refractivity contribution is -0.118. The Balaban J connectivity index is 2.32. The number of fused-ring (bicyclic) bond motifs is 1. The van der Waals surface area contributed by atoms with Crippen LogP contribution in [0, 0.1) is 0 Å². The van der Waals surface area contributed by atoms with E-state index in [0.29, 0.717) is 31.5 Å². The molecule has 0 saturated carbocycles. The highest BCUT2D eigenvalue weighted by Crippen LogP contribution is 2.30. The molecule has 2 N–H and O–H groups in total. The molecule has 0 aromatic heterocycles. The Bertz CT molecular complexity index is 499. The molecule has 1 aromatic rings. The third-order valence-electron chi connectivity index (χ3n) is 3.37. The number of anilines is 1. The summed E-state index contributed by atoms with van der Waals surface area (Å²) >= 11 is 0. The summed E-state index contributed by atoms with van der Waals surface area (Å²) in [4.78, 5) is 25.1. The number of carbonyl (C=O) groups is 2. The molecule has 0 radical (unpaired) electrons. The van der Waals surface area contributed by atoms with E-state index >= 15 is 0 Å². The Labute approximate surface area is 112 Å². The van der Waals surface area contributed by atoms with Gasteiger partial charge < -0.3 is 15.3 Å². The van der Waals surface area contributed by atoms with Crippen LogP contribution in [-0.2, 0) is 11.2 Å². The lowest BCUT2D eigenvalue weighted by Crippen LogP contribution is -2.37. The van der Waals surface area contributed by atoms with E-state index in [9.17, 15) is 14.7 Å². The van der Waals surface area contributed by atoms with Crippen LogP contribution in [0.2, 0.25) is 0 Å². The van der Waals surface area contributed by atoms with Gasteiger partial charge in [-0.05, 0) is 37.6 Å². The summed E-state index contributed by atoms with van der Waals surface area (Å²) < 4.78 is 0. The number of amides is 1. The van der Waals surface area contributed by atoms with Crippen LogP contribution >= 0.6 is 0 Å². The van der Waals surface area contributed by atoms with E-state index in [2.05, 4.69) is 5.32 Å². The van der Waals surface area contributed by atoms with Gasteiger partial charge >= 0.3 is 5.97 Å². The average molecular weight is 262 g/mol. The first kappa shape index (κ1) is 13.5. The Morgan fingerprint density at radius 2 is 2.21 bits per heavy atom. The molecule has 5 heteroatoms. The zero-order chi connectivity index (χ0) is 13.8. The van der Waals surface area contributed by atoms with Gasteiger partial charge in [-0.3, -0.25) is 4.79 Å². The SMILES string of the molecule is CNCCC(=O)N1CCCc2c(C(=O)O)cccc21. The Morgan fingerprint density at radius 3 is 2.89 bits per heavy atom. The lowest BCUT2D eigenvalue weighted by Gasteiger charge is -2.30. The molecule has 0 bridgehead atoms. The van der Waals surface area contributed by atoms with Gasteiger partial charge in [-0.1, -0.05) is 6.07 Å². The van der Waals surface area contributed by atoms with Crippen molar-refractivity contribution >= 4 is 17.6 Å². The fourth-order valence-corrected chi connectivity index (χ4v) is 2.45. The molecule has 0 unspecified atom stereocenters. The van der Waals surface area contributed by atoms with Crippen molar-refractivity contribution in [2.24, 2.45) is 0 Å². The number of rotatable bonds is 4. The summed E-state index contributed by atoms with van der Waals surface area (Å²) in [6.07, 6.45) is 1.95. The quantitative estimate of drug-likeness (QED) is 0.857. The Hall–Kier alpha value is -1.88. The van der Waals surface area contributed by atoms with Gasteiger partial charge in [-0.2, -0.15) is 0 Å². The van der Waals surface area contributed by atoms with E-state index in [4.69, 9.17) is 0 Å². The number of nitrogens with one attached hydrogen (secondary N) is 1. The highest BCUT2D eigenvalue weighted by atomic mass is 16.4. The molecule has 102 valence electrons. The van der Waals surface area contributed by atoms with Crippen molar-refractivity contribution in [3.8, 4) is 0 Å². The van der Waals surface area contributed by atoms with Gasteiger partial charge in [0.25, 0.3) is 0 Å². The Kier molecular flexibility index (Phi) is 4.16. The second kappa shape index (κ2) is 5.84. The summed E-state index contributed by atoms with van der Waals surface area (Å²) in [5, 5.41) is 12.1. The Morgan fingerprint density at radius 1 is 1.42 bits per heavy atom. The molecule has 1 aliphatic heterocycles. The van der Waals surface area contributed by atoms with Gasteiger partial charge in [0.05, 0.1) is 5.56 Å². The molecule has 2 rings (SSSR count). The van der Waals surface area contributed by atoms with Gasteiger partial charge in [0, 0.05) is 25.2 Å². The number of nitrogens with zero attached hydrogens (tertiary/aromatic N) is 1. The molecule has 1 heterocycles. The molecule has 1 aliphatic rings. The van der Waals surface area contributed by atoms with E-state index < -0.39 is 5.97 Å². The van der Waals surface area contributed by atoms with Crippen molar-refractivity contribution in [1.29, 1.82) is 0 Å². The molecule has 19 heavy (non-hydrogen) atoms. The van der Waals surface area contributed by atoms with Crippen LogP contribution in [0.15, 0.2) is 18.2 Å². The molecule has 0 spiro atoms. The van der Waals surface area contributed by atoms with Gasteiger partial charge in [-0.25, -0.2) is 4.79 Å².